The van der Waals surface area contributed by atoms with Crippen LogP contribution in [0.3, 0.4) is 0 Å². The fourth-order valence-electron chi connectivity index (χ4n) is 3.48. The first-order valence-electron chi connectivity index (χ1n) is 9.25. The summed E-state index contributed by atoms with van der Waals surface area (Å²) >= 11 is 0. The Morgan fingerprint density at radius 1 is 0.933 bits per heavy atom. The Kier molecular flexibility index (Phi) is 8.00. The van der Waals surface area contributed by atoms with E-state index in [1.165, 1.54) is 0 Å². The van der Waals surface area contributed by atoms with Crippen molar-refractivity contribution in [3.8, 4) is 0 Å². The number of fused-ring (bicyclic) bond motifs is 2. The Morgan fingerprint density at radius 2 is 1.70 bits per heavy atom. The average Bonchev–Trinajstić information content (AvgIpc) is 2.72. The highest BCUT2D eigenvalue weighted by Crippen LogP contribution is 2.21. The van der Waals surface area contributed by atoms with Gasteiger partial charge < -0.3 is 16.8 Å². The lowest BCUT2D eigenvalue weighted by Crippen LogP contribution is -2.41. The predicted octanol–water partition coefficient (Wildman–Crippen LogP) is 4.00. The molecule has 0 unspecified atom stereocenters. The third kappa shape index (κ3) is 5.00. The molecule has 7 heteroatoms. The summed E-state index contributed by atoms with van der Waals surface area (Å²) in [6.45, 7) is 0.417. The van der Waals surface area contributed by atoms with Gasteiger partial charge in [-0.15, -0.1) is 24.8 Å². The van der Waals surface area contributed by atoms with Crippen molar-refractivity contribution in [2.45, 2.75) is 19.0 Å². The molecule has 1 amide bonds. The summed E-state index contributed by atoms with van der Waals surface area (Å²) in [6, 6.07) is 21.4. The summed E-state index contributed by atoms with van der Waals surface area (Å²) in [5, 5.41) is 7.13. The topological polar surface area (TPSA) is 94.0 Å². The summed E-state index contributed by atoms with van der Waals surface area (Å²) in [5.74, 6) is 0.340. The molecule has 4 rings (SSSR count). The molecule has 0 fully saturated rings. The molecule has 5 nitrogen and oxygen atoms in total. The Balaban J connectivity index is 0.00000160. The largest absolute Gasteiger partial charge is 0.383 e. The molecule has 5 N–H and O–H groups in total. The van der Waals surface area contributed by atoms with Crippen LogP contribution in [-0.2, 0) is 17.8 Å². The lowest BCUT2D eigenvalue weighted by molar-refractivity contribution is -0.122. The number of nitrogens with two attached hydrogens (primary N) is 2. The molecular formula is C23H24Cl2N4O. The third-order valence-electron chi connectivity index (χ3n) is 4.98. The molecule has 0 saturated carbocycles. The highest BCUT2D eigenvalue weighted by molar-refractivity contribution is 5.91. The second-order valence-corrected chi connectivity index (χ2v) is 6.92. The van der Waals surface area contributed by atoms with Gasteiger partial charge in [-0.1, -0.05) is 54.6 Å². The van der Waals surface area contributed by atoms with Crippen LogP contribution in [0, 0.1) is 0 Å². The monoisotopic (exact) mass is 442 g/mol. The highest BCUT2D eigenvalue weighted by Gasteiger charge is 2.15. The van der Waals surface area contributed by atoms with E-state index < -0.39 is 6.04 Å². The molecule has 4 aromatic rings. The Labute approximate surface area is 187 Å². The maximum atomic E-state index is 12.5. The van der Waals surface area contributed by atoms with Gasteiger partial charge in [-0.25, -0.2) is 4.98 Å². The highest BCUT2D eigenvalue weighted by atomic mass is 35.5. The van der Waals surface area contributed by atoms with Crippen LogP contribution in [0.5, 0.6) is 0 Å². The van der Waals surface area contributed by atoms with Crippen LogP contribution >= 0.6 is 24.8 Å². The van der Waals surface area contributed by atoms with Crippen molar-refractivity contribution in [1.82, 2.24) is 10.3 Å². The normalized spacial score (nSPS) is 11.4. The minimum atomic E-state index is -0.605. The Bertz CT molecular complexity index is 1160. The zero-order valence-electron chi connectivity index (χ0n) is 16.2. The minimum absolute atomic E-state index is 0. The van der Waals surface area contributed by atoms with Gasteiger partial charge in [0.15, 0.2) is 0 Å². The number of anilines is 1. The van der Waals surface area contributed by atoms with Crippen molar-refractivity contribution >= 4 is 58.1 Å². The van der Waals surface area contributed by atoms with Crippen molar-refractivity contribution in [2.24, 2.45) is 5.73 Å². The SMILES string of the molecule is Cl.Cl.Nc1nccc2cc(CNC(=O)[C@@H](N)Cc3cccc4ccccc34)ccc12. The van der Waals surface area contributed by atoms with Gasteiger partial charge in [0.05, 0.1) is 6.04 Å². The van der Waals surface area contributed by atoms with E-state index in [1.54, 1.807) is 6.20 Å². The van der Waals surface area contributed by atoms with Crippen molar-refractivity contribution in [3.05, 3.63) is 84.1 Å². The zero-order valence-corrected chi connectivity index (χ0v) is 17.9. The number of carbonyl (C=O) groups is 1. The maximum Gasteiger partial charge on any atom is 0.237 e. The van der Waals surface area contributed by atoms with Crippen molar-refractivity contribution in [1.29, 1.82) is 0 Å². The number of rotatable bonds is 5. The van der Waals surface area contributed by atoms with Crippen LogP contribution in [0.2, 0.25) is 0 Å². The van der Waals surface area contributed by atoms with E-state index >= 15 is 0 Å². The first-order chi connectivity index (χ1) is 13.6. The van der Waals surface area contributed by atoms with Crippen LogP contribution in [0.4, 0.5) is 5.82 Å². The summed E-state index contributed by atoms with van der Waals surface area (Å²) in [5.41, 5.74) is 14.1. The van der Waals surface area contributed by atoms with Gasteiger partial charge in [-0.05, 0) is 45.8 Å². The zero-order chi connectivity index (χ0) is 19.5. The van der Waals surface area contributed by atoms with Crippen molar-refractivity contribution < 1.29 is 4.79 Å². The van der Waals surface area contributed by atoms with Gasteiger partial charge in [0.2, 0.25) is 5.91 Å². The average molecular weight is 443 g/mol. The lowest BCUT2D eigenvalue weighted by atomic mass is 9.99. The molecule has 1 atom stereocenters. The Morgan fingerprint density at radius 3 is 2.53 bits per heavy atom. The fourth-order valence-corrected chi connectivity index (χ4v) is 3.48. The van der Waals surface area contributed by atoms with Crippen LogP contribution < -0.4 is 16.8 Å². The van der Waals surface area contributed by atoms with E-state index in [0.717, 1.165) is 32.7 Å². The molecule has 0 radical (unpaired) electrons. The lowest BCUT2D eigenvalue weighted by Gasteiger charge is -2.14. The van der Waals surface area contributed by atoms with Gasteiger partial charge in [0.25, 0.3) is 0 Å². The first kappa shape index (κ1) is 23.4. The van der Waals surface area contributed by atoms with E-state index in [0.29, 0.717) is 18.8 Å². The molecule has 0 spiro atoms. The number of hydrogen-bond donors (Lipinski definition) is 3. The molecule has 0 aliphatic carbocycles. The summed E-state index contributed by atoms with van der Waals surface area (Å²) in [4.78, 5) is 16.6. The van der Waals surface area contributed by atoms with Gasteiger partial charge >= 0.3 is 0 Å². The second-order valence-electron chi connectivity index (χ2n) is 6.92. The van der Waals surface area contributed by atoms with E-state index in [1.807, 2.05) is 48.5 Å². The second kappa shape index (κ2) is 10.3. The molecule has 156 valence electrons. The molecule has 3 aromatic carbocycles. The van der Waals surface area contributed by atoms with E-state index in [-0.39, 0.29) is 30.7 Å². The smallest absolute Gasteiger partial charge is 0.237 e. The molecule has 0 bridgehead atoms. The van der Waals surface area contributed by atoms with Gasteiger partial charge in [0.1, 0.15) is 5.82 Å². The fraction of sp³-hybridized carbons (Fsp3) is 0.130. The van der Waals surface area contributed by atoms with Crippen LogP contribution in [0.25, 0.3) is 21.5 Å². The summed E-state index contributed by atoms with van der Waals surface area (Å²) < 4.78 is 0. The number of nitrogens with zero attached hydrogens (tertiary/aromatic N) is 1. The number of nitrogen functional groups attached to an aromatic ring is 1. The number of carbonyl (C=O) groups excluding carboxylic acids is 1. The number of aromatic nitrogens is 1. The molecular weight excluding hydrogens is 419 g/mol. The quantitative estimate of drug-likeness (QED) is 0.435. The van der Waals surface area contributed by atoms with Gasteiger partial charge in [-0.3, -0.25) is 4.79 Å². The van der Waals surface area contributed by atoms with E-state index in [2.05, 4.69) is 28.5 Å². The molecule has 0 aliphatic heterocycles. The van der Waals surface area contributed by atoms with Gasteiger partial charge in [0, 0.05) is 18.1 Å². The minimum Gasteiger partial charge on any atom is -0.383 e. The van der Waals surface area contributed by atoms with E-state index in [4.69, 9.17) is 11.5 Å². The van der Waals surface area contributed by atoms with Gasteiger partial charge in [-0.2, -0.15) is 0 Å². The Hall–Kier alpha value is -2.86. The van der Waals surface area contributed by atoms with E-state index in [9.17, 15) is 4.79 Å². The molecule has 0 aliphatic rings. The van der Waals surface area contributed by atoms with Crippen LogP contribution in [0.15, 0.2) is 72.9 Å². The van der Waals surface area contributed by atoms with Crippen molar-refractivity contribution in [2.75, 3.05) is 5.73 Å². The van der Waals surface area contributed by atoms with Crippen LogP contribution in [-0.4, -0.2) is 16.9 Å². The molecule has 0 saturated heterocycles. The number of nitrogens with one attached hydrogen (secondary N) is 1. The number of amides is 1. The number of pyridine rings is 1. The summed E-state index contributed by atoms with van der Waals surface area (Å²) in [6.07, 6.45) is 2.17. The summed E-state index contributed by atoms with van der Waals surface area (Å²) in [7, 11) is 0. The molecule has 1 aromatic heterocycles. The standard InChI is InChI=1S/C23H22N4O.2ClH/c24-21(13-17-6-3-5-16-4-1-2-7-19(16)17)23(28)27-14-15-8-9-20-18(12-15)10-11-26-22(20)25;;/h1-12,21H,13-14,24H2,(H2,25,26)(H,27,28);2*1H/t21-;;/m0../s1. The number of hydrogen-bond acceptors (Lipinski definition) is 4. The van der Waals surface area contributed by atoms with Crippen LogP contribution in [0.1, 0.15) is 11.1 Å². The predicted molar refractivity (Wildman–Crippen MR) is 128 cm³/mol. The number of halogens is 2. The molecule has 30 heavy (non-hydrogen) atoms. The van der Waals surface area contributed by atoms with Crippen molar-refractivity contribution in [3.63, 3.8) is 0 Å². The third-order valence-corrected chi connectivity index (χ3v) is 4.98. The molecule has 1 heterocycles. The maximum absolute atomic E-state index is 12.5. The first-order valence-corrected chi connectivity index (χ1v) is 9.25. The number of benzene rings is 3.